The summed E-state index contributed by atoms with van der Waals surface area (Å²) in [5.41, 5.74) is 0.762. The van der Waals surface area contributed by atoms with Gasteiger partial charge in [0.25, 0.3) is 5.69 Å². The summed E-state index contributed by atoms with van der Waals surface area (Å²) in [7, 11) is 0. The van der Waals surface area contributed by atoms with Crippen LogP contribution in [0.3, 0.4) is 0 Å². The number of non-ortho nitro benzene ring substituents is 1. The predicted octanol–water partition coefficient (Wildman–Crippen LogP) is 2.17. The van der Waals surface area contributed by atoms with E-state index >= 15 is 0 Å². The summed E-state index contributed by atoms with van der Waals surface area (Å²) in [6, 6.07) is 5.74. The highest BCUT2D eigenvalue weighted by atomic mass is 16.7. The zero-order valence-corrected chi connectivity index (χ0v) is 15.2. The van der Waals surface area contributed by atoms with Crippen LogP contribution in [0.5, 0.6) is 0 Å². The summed E-state index contributed by atoms with van der Waals surface area (Å²) in [4.78, 5) is 46.3. The molecule has 1 aromatic carbocycles. The Bertz CT molecular complexity index is 814. The molecule has 0 aromatic heterocycles. The first-order valence-corrected chi connectivity index (χ1v) is 8.29. The van der Waals surface area contributed by atoms with Crippen LogP contribution >= 0.6 is 0 Å². The number of carbonyl (C=O) groups excluding carboxylic acids is 3. The van der Waals surface area contributed by atoms with Gasteiger partial charge in [0.1, 0.15) is 0 Å². The van der Waals surface area contributed by atoms with Crippen molar-refractivity contribution in [1.82, 2.24) is 5.32 Å². The predicted molar refractivity (Wildman–Crippen MR) is 93.2 cm³/mol. The van der Waals surface area contributed by atoms with Crippen molar-refractivity contribution in [3.63, 3.8) is 0 Å². The third kappa shape index (κ3) is 4.90. The van der Waals surface area contributed by atoms with Crippen molar-refractivity contribution in [2.75, 3.05) is 6.79 Å². The second kappa shape index (κ2) is 8.43. The number of nitrogens with one attached hydrogen (secondary N) is 1. The first-order valence-electron chi connectivity index (χ1n) is 8.29. The average molecular weight is 376 g/mol. The van der Waals surface area contributed by atoms with E-state index in [1.165, 1.54) is 25.1 Å². The third-order valence-electron chi connectivity index (χ3n) is 4.03. The second-order valence-electron chi connectivity index (χ2n) is 6.36. The Hall–Kier alpha value is -3.23. The monoisotopic (exact) mass is 376 g/mol. The smallest absolute Gasteiger partial charge is 0.339 e. The van der Waals surface area contributed by atoms with E-state index in [9.17, 15) is 24.5 Å². The minimum Gasteiger partial charge on any atom is -0.428 e. The van der Waals surface area contributed by atoms with E-state index in [0.29, 0.717) is 11.3 Å². The molecule has 1 atom stereocenters. The lowest BCUT2D eigenvalue weighted by Crippen LogP contribution is -2.34. The number of esters is 2. The highest BCUT2D eigenvalue weighted by molar-refractivity contribution is 5.95. The first kappa shape index (κ1) is 20.1. The standard InChI is InChI=1S/C18H20N2O7/c1-10(2)17(22)26-9-27-18(23)16-11(3)19-15(21)8-14(16)12-5-4-6-13(7-12)20(24)25/h4-7,10,14H,8-9H2,1-3H3,(H,19,21). The van der Waals surface area contributed by atoms with Gasteiger partial charge in [0, 0.05) is 30.2 Å². The van der Waals surface area contributed by atoms with Crippen molar-refractivity contribution in [2.24, 2.45) is 5.92 Å². The molecule has 0 saturated heterocycles. The molecule has 1 aliphatic heterocycles. The summed E-state index contributed by atoms with van der Waals surface area (Å²) in [6.07, 6.45) is -0.0608. The number of hydrogen-bond donors (Lipinski definition) is 1. The van der Waals surface area contributed by atoms with E-state index in [0.717, 1.165) is 0 Å². The summed E-state index contributed by atoms with van der Waals surface area (Å²) in [6.45, 7) is 4.28. The molecule has 1 aliphatic rings. The average Bonchev–Trinajstić information content (AvgIpc) is 2.60. The Morgan fingerprint density at radius 1 is 1.33 bits per heavy atom. The lowest BCUT2D eigenvalue weighted by atomic mass is 9.84. The number of rotatable bonds is 6. The highest BCUT2D eigenvalue weighted by Gasteiger charge is 2.33. The second-order valence-corrected chi connectivity index (χ2v) is 6.36. The Kier molecular flexibility index (Phi) is 6.27. The molecule has 1 heterocycles. The molecule has 0 spiro atoms. The van der Waals surface area contributed by atoms with E-state index < -0.39 is 29.6 Å². The van der Waals surface area contributed by atoms with E-state index in [2.05, 4.69) is 5.32 Å². The molecular weight excluding hydrogens is 356 g/mol. The van der Waals surface area contributed by atoms with Gasteiger partial charge in [0.2, 0.25) is 12.7 Å². The lowest BCUT2D eigenvalue weighted by Gasteiger charge is -2.26. The molecular formula is C18H20N2O7. The first-order chi connectivity index (χ1) is 12.7. The van der Waals surface area contributed by atoms with E-state index in [-0.39, 0.29) is 29.5 Å². The van der Waals surface area contributed by atoms with Crippen LogP contribution in [-0.2, 0) is 23.9 Å². The van der Waals surface area contributed by atoms with Crippen molar-refractivity contribution in [1.29, 1.82) is 0 Å². The van der Waals surface area contributed by atoms with Crippen molar-refractivity contribution in [2.45, 2.75) is 33.1 Å². The number of nitro groups is 1. The number of nitro benzene ring substituents is 1. The Morgan fingerprint density at radius 2 is 2.04 bits per heavy atom. The van der Waals surface area contributed by atoms with Crippen molar-refractivity contribution in [3.8, 4) is 0 Å². The fourth-order valence-electron chi connectivity index (χ4n) is 2.70. The summed E-state index contributed by atoms with van der Waals surface area (Å²) < 4.78 is 9.84. The Morgan fingerprint density at radius 3 is 2.67 bits per heavy atom. The number of hydrogen-bond acceptors (Lipinski definition) is 7. The maximum Gasteiger partial charge on any atom is 0.339 e. The molecule has 1 N–H and O–H groups in total. The van der Waals surface area contributed by atoms with E-state index in [1.54, 1.807) is 19.9 Å². The largest absolute Gasteiger partial charge is 0.428 e. The van der Waals surface area contributed by atoms with Gasteiger partial charge < -0.3 is 14.8 Å². The molecule has 1 unspecified atom stereocenters. The summed E-state index contributed by atoms with van der Waals surface area (Å²) in [5, 5.41) is 13.6. The van der Waals surface area contributed by atoms with Crippen LogP contribution < -0.4 is 5.32 Å². The molecule has 27 heavy (non-hydrogen) atoms. The molecule has 1 aromatic rings. The van der Waals surface area contributed by atoms with E-state index in [1.807, 2.05) is 0 Å². The van der Waals surface area contributed by atoms with Gasteiger partial charge in [-0.2, -0.15) is 0 Å². The lowest BCUT2D eigenvalue weighted by molar-refractivity contribution is -0.384. The molecule has 0 radical (unpaired) electrons. The van der Waals surface area contributed by atoms with Crippen LogP contribution in [0.15, 0.2) is 35.5 Å². The van der Waals surface area contributed by atoms with Gasteiger partial charge in [0.15, 0.2) is 0 Å². The topological polar surface area (TPSA) is 125 Å². The van der Waals surface area contributed by atoms with Gasteiger partial charge in [-0.05, 0) is 12.5 Å². The van der Waals surface area contributed by atoms with Gasteiger partial charge in [-0.1, -0.05) is 26.0 Å². The number of carbonyl (C=O) groups is 3. The molecule has 0 saturated carbocycles. The highest BCUT2D eigenvalue weighted by Crippen LogP contribution is 2.34. The zero-order valence-electron chi connectivity index (χ0n) is 15.2. The Balaban J connectivity index is 2.25. The molecule has 9 heteroatoms. The molecule has 1 amide bonds. The van der Waals surface area contributed by atoms with Crippen LogP contribution in [0.2, 0.25) is 0 Å². The van der Waals surface area contributed by atoms with Crippen molar-refractivity contribution >= 4 is 23.5 Å². The summed E-state index contributed by atoms with van der Waals surface area (Å²) in [5.74, 6) is -2.66. The van der Waals surface area contributed by atoms with Gasteiger partial charge in [-0.3, -0.25) is 19.7 Å². The number of ether oxygens (including phenoxy) is 2. The fraction of sp³-hybridized carbons (Fsp3) is 0.389. The maximum atomic E-state index is 12.5. The fourth-order valence-corrected chi connectivity index (χ4v) is 2.70. The maximum absolute atomic E-state index is 12.5. The SMILES string of the molecule is CC1=C(C(=O)OCOC(=O)C(C)C)C(c2cccc([N+](=O)[O-])c2)CC(=O)N1. The van der Waals surface area contributed by atoms with Crippen molar-refractivity contribution < 1.29 is 28.8 Å². The summed E-state index contributed by atoms with van der Waals surface area (Å²) >= 11 is 0. The normalized spacial score (nSPS) is 16.7. The van der Waals surface area contributed by atoms with Gasteiger partial charge >= 0.3 is 11.9 Å². The minimum absolute atomic E-state index is 0.0608. The number of allylic oxidation sites excluding steroid dienone is 1. The zero-order chi connectivity index (χ0) is 20.1. The number of nitrogens with zero attached hydrogens (tertiary/aromatic N) is 1. The van der Waals surface area contributed by atoms with Crippen LogP contribution in [-0.4, -0.2) is 29.6 Å². The van der Waals surface area contributed by atoms with E-state index in [4.69, 9.17) is 9.47 Å². The minimum atomic E-state index is -0.763. The molecule has 0 bridgehead atoms. The van der Waals surface area contributed by atoms with Gasteiger partial charge in [-0.25, -0.2) is 4.79 Å². The van der Waals surface area contributed by atoms with Crippen molar-refractivity contribution in [3.05, 3.63) is 51.2 Å². The number of benzene rings is 1. The molecule has 0 aliphatic carbocycles. The molecule has 9 nitrogen and oxygen atoms in total. The Labute approximate surface area is 155 Å². The molecule has 144 valence electrons. The van der Waals surface area contributed by atoms with Gasteiger partial charge in [0.05, 0.1) is 16.4 Å². The third-order valence-corrected chi connectivity index (χ3v) is 4.03. The van der Waals surface area contributed by atoms with Crippen LogP contribution in [0.25, 0.3) is 0 Å². The van der Waals surface area contributed by atoms with Crippen LogP contribution in [0.1, 0.15) is 38.7 Å². The van der Waals surface area contributed by atoms with Crippen LogP contribution in [0, 0.1) is 16.0 Å². The molecule has 2 rings (SSSR count). The molecule has 0 fully saturated rings. The quantitative estimate of drug-likeness (QED) is 0.349. The van der Waals surface area contributed by atoms with Gasteiger partial charge in [-0.15, -0.1) is 0 Å². The number of amides is 1. The van der Waals surface area contributed by atoms with Crippen LogP contribution in [0.4, 0.5) is 5.69 Å².